The van der Waals surface area contributed by atoms with E-state index >= 15 is 0 Å². The Balaban J connectivity index is 1.35. The van der Waals surface area contributed by atoms with Crippen LogP contribution in [0.2, 0.25) is 0 Å². The lowest BCUT2D eigenvalue weighted by molar-refractivity contribution is 0.102. The van der Waals surface area contributed by atoms with Crippen molar-refractivity contribution >= 4 is 40.1 Å². The molecule has 1 unspecified atom stereocenters. The number of thioether (sulfide) groups is 1. The zero-order chi connectivity index (χ0) is 23.1. The van der Waals surface area contributed by atoms with Crippen molar-refractivity contribution < 1.29 is 18.0 Å². The van der Waals surface area contributed by atoms with Crippen LogP contribution in [0.1, 0.15) is 23.3 Å². The van der Waals surface area contributed by atoms with Gasteiger partial charge in [0.05, 0.1) is 34.7 Å². The Bertz CT molecular complexity index is 1360. The maximum atomic E-state index is 14.8. The lowest BCUT2D eigenvalue weighted by Crippen LogP contribution is -2.28. The van der Waals surface area contributed by atoms with Gasteiger partial charge in [0.1, 0.15) is 0 Å². The number of rotatable bonds is 5. The second kappa shape index (κ2) is 8.43. The predicted molar refractivity (Wildman–Crippen MR) is 119 cm³/mol. The molecule has 5 rings (SSSR count). The van der Waals surface area contributed by atoms with Crippen LogP contribution in [0.3, 0.4) is 0 Å². The number of pyridine rings is 1. The summed E-state index contributed by atoms with van der Waals surface area (Å²) < 4.78 is 43.0. The third-order valence-corrected chi connectivity index (χ3v) is 6.54. The summed E-state index contributed by atoms with van der Waals surface area (Å²) in [6.45, 7) is 0.743. The summed E-state index contributed by atoms with van der Waals surface area (Å²) >= 11 is 1.66. The molecule has 0 saturated carbocycles. The zero-order valence-electron chi connectivity index (χ0n) is 17.3. The van der Waals surface area contributed by atoms with Gasteiger partial charge in [0.15, 0.2) is 29.0 Å². The molecule has 0 radical (unpaired) electrons. The molecular weight excluding hydrogens is 455 g/mol. The average Bonchev–Trinajstić information content (AvgIpc) is 3.54. The van der Waals surface area contributed by atoms with Crippen molar-refractivity contribution in [2.45, 2.75) is 18.2 Å². The first-order chi connectivity index (χ1) is 15.9. The highest BCUT2D eigenvalue weighted by atomic mass is 32.2. The highest BCUT2D eigenvalue weighted by Gasteiger charge is 2.27. The molecule has 12 heteroatoms. The van der Waals surface area contributed by atoms with Gasteiger partial charge in [0, 0.05) is 30.3 Å². The normalized spacial score (nSPS) is 16.0. The average molecular weight is 473 g/mol. The van der Waals surface area contributed by atoms with E-state index in [4.69, 9.17) is 0 Å². The van der Waals surface area contributed by atoms with Crippen LogP contribution in [0, 0.1) is 17.5 Å². The number of carbonyl (C=O) groups is 1. The largest absolute Gasteiger partial charge is 0.359 e. The summed E-state index contributed by atoms with van der Waals surface area (Å²) in [4.78, 5) is 21.6. The van der Waals surface area contributed by atoms with E-state index in [1.807, 2.05) is 11.2 Å². The fourth-order valence-electron chi connectivity index (χ4n) is 3.88. The van der Waals surface area contributed by atoms with E-state index in [-0.39, 0.29) is 22.6 Å². The van der Waals surface area contributed by atoms with Gasteiger partial charge in [-0.15, -0.1) is 16.9 Å². The second-order valence-electron chi connectivity index (χ2n) is 7.54. The molecule has 3 aromatic heterocycles. The molecule has 2 N–H and O–H groups in total. The van der Waals surface area contributed by atoms with Gasteiger partial charge in [0.2, 0.25) is 0 Å². The standard InChI is InChI=1S/C21H18F3N7OS/c1-33-19-3-2-4-30(19)20-15(24)5-11(8-26-20)31-10-18(28-29-31)21(32)27-17-9-25-16-7-14(23)13(22)6-12(16)17/h5-10,19,25H,2-4H2,1H3,(H,27,32). The quantitative estimate of drug-likeness (QED) is 0.454. The van der Waals surface area contributed by atoms with E-state index < -0.39 is 23.4 Å². The Morgan fingerprint density at radius 3 is 2.82 bits per heavy atom. The molecule has 1 fully saturated rings. The van der Waals surface area contributed by atoms with E-state index in [2.05, 4.69) is 25.6 Å². The van der Waals surface area contributed by atoms with Crippen molar-refractivity contribution in [2.75, 3.05) is 23.0 Å². The summed E-state index contributed by atoms with van der Waals surface area (Å²) in [6.07, 6.45) is 8.17. The molecule has 0 bridgehead atoms. The Morgan fingerprint density at radius 2 is 2.03 bits per heavy atom. The maximum Gasteiger partial charge on any atom is 0.277 e. The third-order valence-electron chi connectivity index (χ3n) is 5.51. The van der Waals surface area contributed by atoms with Crippen molar-refractivity contribution in [1.29, 1.82) is 0 Å². The van der Waals surface area contributed by atoms with Gasteiger partial charge in [-0.1, -0.05) is 5.21 Å². The van der Waals surface area contributed by atoms with Crippen LogP contribution < -0.4 is 10.2 Å². The minimum atomic E-state index is -1.03. The van der Waals surface area contributed by atoms with E-state index in [1.165, 1.54) is 29.3 Å². The number of carbonyl (C=O) groups excluding carboxylic acids is 1. The lowest BCUT2D eigenvalue weighted by atomic mass is 10.2. The maximum absolute atomic E-state index is 14.8. The van der Waals surface area contributed by atoms with Crippen LogP contribution in [-0.2, 0) is 0 Å². The van der Waals surface area contributed by atoms with Crippen LogP contribution in [0.4, 0.5) is 24.7 Å². The number of aromatic nitrogens is 5. The summed E-state index contributed by atoms with van der Waals surface area (Å²) in [7, 11) is 0. The second-order valence-corrected chi connectivity index (χ2v) is 8.56. The molecular formula is C21H18F3N7OS. The number of benzene rings is 1. The molecule has 1 aliphatic rings. The topological polar surface area (TPSA) is 91.7 Å². The van der Waals surface area contributed by atoms with E-state index in [0.29, 0.717) is 16.6 Å². The summed E-state index contributed by atoms with van der Waals surface area (Å²) in [5.41, 5.74) is 0.858. The molecule has 1 amide bonds. The number of hydrogen-bond acceptors (Lipinski definition) is 6. The van der Waals surface area contributed by atoms with Crippen LogP contribution in [0.5, 0.6) is 0 Å². The van der Waals surface area contributed by atoms with Crippen LogP contribution in [0.25, 0.3) is 16.6 Å². The van der Waals surface area contributed by atoms with Gasteiger partial charge in [-0.3, -0.25) is 4.79 Å². The van der Waals surface area contributed by atoms with Gasteiger partial charge in [-0.2, -0.15) is 0 Å². The van der Waals surface area contributed by atoms with Crippen molar-refractivity contribution in [2.24, 2.45) is 0 Å². The van der Waals surface area contributed by atoms with Gasteiger partial charge >= 0.3 is 0 Å². The number of aromatic amines is 1. The van der Waals surface area contributed by atoms with Crippen molar-refractivity contribution in [3.05, 3.63) is 59.9 Å². The number of fused-ring (bicyclic) bond motifs is 1. The molecule has 1 aliphatic heterocycles. The molecule has 4 heterocycles. The number of nitrogens with one attached hydrogen (secondary N) is 2. The Morgan fingerprint density at radius 1 is 1.21 bits per heavy atom. The molecule has 4 aromatic rings. The van der Waals surface area contributed by atoms with Crippen LogP contribution >= 0.6 is 11.8 Å². The number of amides is 1. The zero-order valence-corrected chi connectivity index (χ0v) is 18.2. The number of nitrogens with zero attached hydrogens (tertiary/aromatic N) is 5. The Labute approximate surface area is 190 Å². The minimum absolute atomic E-state index is 0.0431. The first-order valence-corrected chi connectivity index (χ1v) is 11.4. The first kappa shape index (κ1) is 21.3. The highest BCUT2D eigenvalue weighted by Crippen LogP contribution is 2.31. The fraction of sp³-hybridized carbons (Fsp3) is 0.238. The minimum Gasteiger partial charge on any atom is -0.359 e. The molecule has 170 valence electrons. The molecule has 8 nitrogen and oxygen atoms in total. The highest BCUT2D eigenvalue weighted by molar-refractivity contribution is 7.99. The van der Waals surface area contributed by atoms with Crippen molar-refractivity contribution in [3.8, 4) is 5.69 Å². The van der Waals surface area contributed by atoms with Gasteiger partial charge in [0.25, 0.3) is 5.91 Å². The third kappa shape index (κ3) is 3.90. The fourth-order valence-corrected chi connectivity index (χ4v) is 4.74. The smallest absolute Gasteiger partial charge is 0.277 e. The predicted octanol–water partition coefficient (Wildman–Crippen LogP) is 4.10. The Hall–Kier alpha value is -3.54. The van der Waals surface area contributed by atoms with Crippen LogP contribution in [0.15, 0.2) is 36.8 Å². The molecule has 33 heavy (non-hydrogen) atoms. The summed E-state index contributed by atoms with van der Waals surface area (Å²) in [6, 6.07) is 3.29. The monoisotopic (exact) mass is 473 g/mol. The van der Waals surface area contributed by atoms with Gasteiger partial charge < -0.3 is 15.2 Å². The van der Waals surface area contributed by atoms with Gasteiger partial charge in [-0.05, 0) is 25.2 Å². The van der Waals surface area contributed by atoms with E-state index in [1.54, 1.807) is 11.8 Å². The molecule has 1 aromatic carbocycles. The number of anilines is 2. The number of H-pyrrole nitrogens is 1. The van der Waals surface area contributed by atoms with E-state index in [9.17, 15) is 18.0 Å². The van der Waals surface area contributed by atoms with E-state index in [0.717, 1.165) is 31.5 Å². The molecule has 1 saturated heterocycles. The van der Waals surface area contributed by atoms with Crippen molar-refractivity contribution in [3.63, 3.8) is 0 Å². The molecule has 0 aliphatic carbocycles. The molecule has 0 spiro atoms. The SMILES string of the molecule is CSC1CCCN1c1ncc(-n2cc(C(=O)Nc3c[nH]c4cc(F)c(F)cc34)nn2)cc1F. The lowest BCUT2D eigenvalue weighted by Gasteiger charge is -2.24. The van der Waals surface area contributed by atoms with Gasteiger partial charge in [-0.25, -0.2) is 22.8 Å². The summed E-state index contributed by atoms with van der Waals surface area (Å²) in [5.74, 6) is -2.83. The Kier molecular flexibility index (Phi) is 5.44. The number of halogens is 3. The first-order valence-electron chi connectivity index (χ1n) is 10.1. The molecule has 1 atom stereocenters. The number of hydrogen-bond donors (Lipinski definition) is 2. The summed E-state index contributed by atoms with van der Waals surface area (Å²) in [5, 5.41) is 10.8. The van der Waals surface area contributed by atoms with Crippen LogP contribution in [-0.4, -0.2) is 49.0 Å². The van der Waals surface area contributed by atoms with Crippen molar-refractivity contribution in [1.82, 2.24) is 25.0 Å².